The molecule has 1 amide bonds. The van der Waals surface area contributed by atoms with Crippen LogP contribution in [0.5, 0.6) is 0 Å². The highest BCUT2D eigenvalue weighted by molar-refractivity contribution is 14.0. The molecule has 3 rings (SSSR count). The molecule has 0 unspecified atom stereocenters. The van der Waals surface area contributed by atoms with Crippen LogP contribution in [0.2, 0.25) is 0 Å². The topological polar surface area (TPSA) is 79.5 Å². The average Bonchev–Trinajstić information content (AvgIpc) is 3.43. The number of hydrogen-bond donors (Lipinski definition) is 3. The van der Waals surface area contributed by atoms with Gasteiger partial charge >= 0.3 is 0 Å². The lowest BCUT2D eigenvalue weighted by Crippen LogP contribution is -2.40. The highest BCUT2D eigenvalue weighted by atomic mass is 127. The Kier molecular flexibility index (Phi) is 7.67. The first kappa shape index (κ1) is 21.7. The van der Waals surface area contributed by atoms with Crippen LogP contribution in [0.25, 0.3) is 0 Å². The maximum atomic E-state index is 11.3. The Morgan fingerprint density at radius 1 is 1.19 bits per heavy atom. The van der Waals surface area contributed by atoms with E-state index in [9.17, 15) is 4.79 Å². The number of rotatable bonds is 6. The van der Waals surface area contributed by atoms with Gasteiger partial charge in [0.15, 0.2) is 5.96 Å². The summed E-state index contributed by atoms with van der Waals surface area (Å²) < 4.78 is 1.11. The predicted molar refractivity (Wildman–Crippen MR) is 124 cm³/mol. The van der Waals surface area contributed by atoms with Crippen LogP contribution >= 0.6 is 39.9 Å². The second kappa shape index (κ2) is 9.54. The minimum absolute atomic E-state index is 0. The van der Waals surface area contributed by atoms with Gasteiger partial charge in [0.2, 0.25) is 5.91 Å². The first-order valence-electron chi connectivity index (χ1n) is 8.62. The second-order valence-electron chi connectivity index (χ2n) is 6.63. The van der Waals surface area contributed by atoms with E-state index >= 15 is 0 Å². The van der Waals surface area contributed by atoms with Gasteiger partial charge in [-0.1, -0.05) is 40.2 Å². The number of benzene rings is 2. The highest BCUT2D eigenvalue weighted by Gasteiger charge is 2.44. The molecule has 27 heavy (non-hydrogen) atoms. The Morgan fingerprint density at radius 2 is 1.93 bits per heavy atom. The number of amides is 1. The van der Waals surface area contributed by atoms with Crippen LogP contribution in [-0.2, 0) is 12.0 Å². The normalized spacial score (nSPS) is 14.8. The average molecular weight is 543 g/mol. The Bertz CT molecular complexity index is 836. The van der Waals surface area contributed by atoms with E-state index < -0.39 is 5.91 Å². The van der Waals surface area contributed by atoms with Crippen molar-refractivity contribution in [2.45, 2.75) is 24.8 Å². The molecule has 1 saturated carbocycles. The van der Waals surface area contributed by atoms with Crippen LogP contribution in [0.3, 0.4) is 0 Å². The molecule has 1 aliphatic rings. The number of aliphatic imine (C=N–C) groups is 1. The van der Waals surface area contributed by atoms with Gasteiger partial charge in [-0.2, -0.15) is 0 Å². The van der Waals surface area contributed by atoms with E-state index in [0.29, 0.717) is 12.1 Å². The van der Waals surface area contributed by atoms with E-state index in [1.165, 1.54) is 18.4 Å². The van der Waals surface area contributed by atoms with Crippen molar-refractivity contribution < 1.29 is 4.79 Å². The van der Waals surface area contributed by atoms with E-state index in [1.54, 1.807) is 19.2 Å². The van der Waals surface area contributed by atoms with Gasteiger partial charge in [0, 0.05) is 35.6 Å². The summed E-state index contributed by atoms with van der Waals surface area (Å²) in [5, 5.41) is 6.72. The summed E-state index contributed by atoms with van der Waals surface area (Å²) in [4.78, 5) is 15.6. The third kappa shape index (κ3) is 5.68. The lowest BCUT2D eigenvalue weighted by atomic mass is 9.96. The van der Waals surface area contributed by atoms with Gasteiger partial charge in [0.1, 0.15) is 0 Å². The summed E-state index contributed by atoms with van der Waals surface area (Å²) in [6.07, 6.45) is 2.35. The number of nitrogens with two attached hydrogens (primary N) is 1. The lowest BCUT2D eigenvalue weighted by molar-refractivity contribution is 0.1000. The van der Waals surface area contributed by atoms with Crippen molar-refractivity contribution in [3.63, 3.8) is 0 Å². The number of carbonyl (C=O) groups excluding carboxylic acids is 1. The highest BCUT2D eigenvalue weighted by Crippen LogP contribution is 2.48. The third-order valence-electron chi connectivity index (χ3n) is 4.78. The monoisotopic (exact) mass is 542 g/mol. The molecule has 7 heteroatoms. The van der Waals surface area contributed by atoms with Crippen LogP contribution in [0.15, 0.2) is 58.0 Å². The van der Waals surface area contributed by atoms with E-state index in [2.05, 4.69) is 49.8 Å². The molecule has 0 radical (unpaired) electrons. The van der Waals surface area contributed by atoms with Crippen molar-refractivity contribution in [1.29, 1.82) is 0 Å². The Labute approximate surface area is 185 Å². The summed E-state index contributed by atoms with van der Waals surface area (Å²) in [5.41, 5.74) is 8.37. The molecule has 0 saturated heterocycles. The van der Waals surface area contributed by atoms with Gasteiger partial charge in [0.25, 0.3) is 0 Å². The van der Waals surface area contributed by atoms with Gasteiger partial charge in [0.05, 0.1) is 0 Å². The number of carbonyl (C=O) groups is 1. The van der Waals surface area contributed by atoms with Crippen molar-refractivity contribution >= 4 is 51.8 Å². The molecule has 0 spiro atoms. The molecule has 1 aliphatic carbocycles. The summed E-state index contributed by atoms with van der Waals surface area (Å²) in [6.45, 7) is 1.41. The zero-order valence-corrected chi connectivity index (χ0v) is 19.1. The molecule has 144 valence electrons. The number of halogens is 2. The van der Waals surface area contributed by atoms with Gasteiger partial charge < -0.3 is 16.4 Å². The van der Waals surface area contributed by atoms with Crippen LogP contribution in [0.1, 0.15) is 34.3 Å². The van der Waals surface area contributed by atoms with Crippen molar-refractivity contribution in [3.05, 3.63) is 69.7 Å². The zero-order valence-electron chi connectivity index (χ0n) is 15.2. The van der Waals surface area contributed by atoms with E-state index in [0.717, 1.165) is 22.5 Å². The molecule has 5 nitrogen and oxygen atoms in total. The molecular weight excluding hydrogens is 519 g/mol. The molecular formula is C20H24BrIN4O. The second-order valence-corrected chi connectivity index (χ2v) is 7.55. The Morgan fingerprint density at radius 3 is 2.56 bits per heavy atom. The van der Waals surface area contributed by atoms with Gasteiger partial charge in [-0.3, -0.25) is 9.79 Å². The van der Waals surface area contributed by atoms with Gasteiger partial charge in [-0.05, 0) is 48.2 Å². The maximum Gasteiger partial charge on any atom is 0.248 e. The zero-order chi connectivity index (χ0) is 18.6. The standard InChI is InChI=1S/C20H23BrN4O.HI/c1-23-19(24-12-14-4-2-5-15(10-14)18(22)26)25-13-20(8-9-20)16-6-3-7-17(21)11-16;/h2-7,10-11H,8-9,12-13H2,1H3,(H2,22,26)(H2,23,24,25);1H. The molecule has 2 aromatic rings. The first-order chi connectivity index (χ1) is 12.5. The fourth-order valence-corrected chi connectivity index (χ4v) is 3.43. The lowest BCUT2D eigenvalue weighted by Gasteiger charge is -2.19. The predicted octanol–water partition coefficient (Wildman–Crippen LogP) is 3.56. The molecule has 0 bridgehead atoms. The Hall–Kier alpha value is -1.61. The summed E-state index contributed by atoms with van der Waals surface area (Å²) in [7, 11) is 1.76. The van der Waals surface area contributed by atoms with Crippen LogP contribution < -0.4 is 16.4 Å². The molecule has 2 aromatic carbocycles. The molecule has 0 aliphatic heterocycles. The SMILES string of the molecule is CN=C(NCc1cccc(C(N)=O)c1)NCC1(c2cccc(Br)c2)CC1.I. The fourth-order valence-electron chi connectivity index (χ4n) is 3.03. The van der Waals surface area contributed by atoms with Crippen LogP contribution in [0.4, 0.5) is 0 Å². The molecule has 0 heterocycles. The summed E-state index contributed by atoms with van der Waals surface area (Å²) in [6, 6.07) is 15.8. The van der Waals surface area contributed by atoms with E-state index in [1.807, 2.05) is 18.2 Å². The molecule has 0 aromatic heterocycles. The molecule has 4 N–H and O–H groups in total. The number of nitrogens with one attached hydrogen (secondary N) is 2. The Balaban J connectivity index is 0.00000261. The minimum atomic E-state index is -0.418. The van der Waals surface area contributed by atoms with Gasteiger partial charge in [-0.15, -0.1) is 24.0 Å². The first-order valence-corrected chi connectivity index (χ1v) is 9.41. The minimum Gasteiger partial charge on any atom is -0.366 e. The number of hydrogen-bond acceptors (Lipinski definition) is 2. The largest absolute Gasteiger partial charge is 0.366 e. The van der Waals surface area contributed by atoms with E-state index in [-0.39, 0.29) is 29.4 Å². The summed E-state index contributed by atoms with van der Waals surface area (Å²) in [5.74, 6) is 0.329. The summed E-state index contributed by atoms with van der Waals surface area (Å²) >= 11 is 3.55. The van der Waals surface area contributed by atoms with E-state index in [4.69, 9.17) is 5.73 Å². The fraction of sp³-hybridized carbons (Fsp3) is 0.300. The smallest absolute Gasteiger partial charge is 0.248 e. The van der Waals surface area contributed by atoms with Crippen LogP contribution in [0, 0.1) is 0 Å². The number of primary amides is 1. The molecule has 1 fully saturated rings. The maximum absolute atomic E-state index is 11.3. The van der Waals surface area contributed by atoms with Crippen molar-refractivity contribution in [2.24, 2.45) is 10.7 Å². The quantitative estimate of drug-likeness (QED) is 0.296. The van der Waals surface area contributed by atoms with Gasteiger partial charge in [-0.25, -0.2) is 0 Å². The molecule has 0 atom stereocenters. The van der Waals surface area contributed by atoms with Crippen molar-refractivity contribution in [2.75, 3.05) is 13.6 Å². The van der Waals surface area contributed by atoms with Crippen molar-refractivity contribution in [3.8, 4) is 0 Å². The van der Waals surface area contributed by atoms with Crippen LogP contribution in [-0.4, -0.2) is 25.5 Å². The number of guanidine groups is 1. The number of nitrogens with zero attached hydrogens (tertiary/aromatic N) is 1. The van der Waals surface area contributed by atoms with Crippen molar-refractivity contribution in [1.82, 2.24) is 10.6 Å². The third-order valence-corrected chi connectivity index (χ3v) is 5.27.